The average molecular weight is 391 g/mol. The molecule has 0 aliphatic rings. The summed E-state index contributed by atoms with van der Waals surface area (Å²) >= 11 is 2.58. The summed E-state index contributed by atoms with van der Waals surface area (Å²) in [7, 11) is 2.94. The van der Waals surface area contributed by atoms with Crippen molar-refractivity contribution in [3.63, 3.8) is 0 Å². The third kappa shape index (κ3) is 3.08. The highest BCUT2D eigenvalue weighted by molar-refractivity contribution is 7.99. The standard InChI is InChI=1S/C17H17N3O4S2/c1-8-12(16(23)24-4)9(2)18-13(8)11(21)7-26-17-19-14-10(5-6-25-14)15(22)20(17)3/h5-6,18H,7H2,1-4H3. The lowest BCUT2D eigenvalue weighted by Crippen LogP contribution is -2.19. The van der Waals surface area contributed by atoms with Crippen molar-refractivity contribution < 1.29 is 14.3 Å². The first-order chi connectivity index (χ1) is 12.3. The van der Waals surface area contributed by atoms with E-state index in [9.17, 15) is 14.4 Å². The number of nitrogens with zero attached hydrogens (tertiary/aromatic N) is 2. The van der Waals surface area contributed by atoms with Crippen LogP contribution in [0.5, 0.6) is 0 Å². The molecule has 0 radical (unpaired) electrons. The van der Waals surface area contributed by atoms with Gasteiger partial charge in [0.25, 0.3) is 5.56 Å². The number of esters is 1. The van der Waals surface area contributed by atoms with Crippen molar-refractivity contribution in [1.29, 1.82) is 0 Å². The van der Waals surface area contributed by atoms with Crippen LogP contribution in [0.1, 0.15) is 32.1 Å². The summed E-state index contributed by atoms with van der Waals surface area (Å²) in [6.07, 6.45) is 0. The number of thioether (sulfide) groups is 1. The van der Waals surface area contributed by atoms with Crippen molar-refractivity contribution in [1.82, 2.24) is 14.5 Å². The number of aryl methyl sites for hydroxylation is 1. The fourth-order valence-corrected chi connectivity index (χ4v) is 4.40. The quantitative estimate of drug-likeness (QED) is 0.311. The summed E-state index contributed by atoms with van der Waals surface area (Å²) in [6, 6.07) is 1.74. The van der Waals surface area contributed by atoms with E-state index in [-0.39, 0.29) is 17.1 Å². The number of hydrogen-bond acceptors (Lipinski definition) is 7. The second kappa shape index (κ2) is 7.08. The van der Waals surface area contributed by atoms with Crippen LogP contribution in [0.4, 0.5) is 0 Å². The lowest BCUT2D eigenvalue weighted by atomic mass is 10.1. The first-order valence-electron chi connectivity index (χ1n) is 7.72. The molecule has 0 saturated carbocycles. The molecule has 0 saturated heterocycles. The van der Waals surface area contributed by atoms with Gasteiger partial charge in [0.1, 0.15) is 4.83 Å². The Morgan fingerprint density at radius 2 is 2.12 bits per heavy atom. The number of carbonyl (C=O) groups excluding carboxylic acids is 2. The van der Waals surface area contributed by atoms with Crippen LogP contribution in [0.2, 0.25) is 0 Å². The second-order valence-electron chi connectivity index (χ2n) is 5.73. The van der Waals surface area contributed by atoms with Crippen LogP contribution in [0.3, 0.4) is 0 Å². The van der Waals surface area contributed by atoms with Crippen LogP contribution in [0.15, 0.2) is 21.4 Å². The lowest BCUT2D eigenvalue weighted by molar-refractivity contribution is 0.0599. The van der Waals surface area contributed by atoms with Gasteiger partial charge in [-0.1, -0.05) is 11.8 Å². The number of methoxy groups -OCH3 is 1. The molecule has 0 atom stereocenters. The van der Waals surface area contributed by atoms with E-state index in [1.807, 2.05) is 5.38 Å². The summed E-state index contributed by atoms with van der Waals surface area (Å²) in [5, 5.41) is 2.87. The number of H-pyrrole nitrogens is 1. The minimum atomic E-state index is -0.477. The van der Waals surface area contributed by atoms with Crippen molar-refractivity contribution in [2.75, 3.05) is 12.9 Å². The Kier molecular flexibility index (Phi) is 5.01. The van der Waals surface area contributed by atoms with Gasteiger partial charge in [-0.25, -0.2) is 9.78 Å². The highest BCUT2D eigenvalue weighted by atomic mass is 32.2. The van der Waals surface area contributed by atoms with E-state index in [2.05, 4.69) is 9.97 Å². The molecule has 3 aromatic rings. The Bertz CT molecular complexity index is 1080. The molecule has 0 fully saturated rings. The second-order valence-corrected chi connectivity index (χ2v) is 7.56. The zero-order chi connectivity index (χ0) is 19.0. The smallest absolute Gasteiger partial charge is 0.339 e. The van der Waals surface area contributed by atoms with E-state index in [0.717, 1.165) is 0 Å². The summed E-state index contributed by atoms with van der Waals surface area (Å²) in [4.78, 5) is 44.8. The minimum absolute atomic E-state index is 0.0958. The first-order valence-corrected chi connectivity index (χ1v) is 9.59. The predicted octanol–water partition coefficient (Wildman–Crippen LogP) is 2.70. The number of nitrogens with one attached hydrogen (secondary N) is 1. The molecular weight excluding hydrogens is 374 g/mol. The Hall–Kier alpha value is -2.39. The number of thiophene rings is 1. The molecule has 0 unspecified atom stereocenters. The van der Waals surface area contributed by atoms with Crippen molar-refractivity contribution >= 4 is 45.1 Å². The van der Waals surface area contributed by atoms with E-state index in [0.29, 0.717) is 37.9 Å². The fraction of sp³-hybridized carbons (Fsp3) is 0.294. The molecule has 9 heteroatoms. The maximum Gasteiger partial charge on any atom is 0.339 e. The molecule has 3 aromatic heterocycles. The van der Waals surface area contributed by atoms with Gasteiger partial charge in [-0.3, -0.25) is 14.2 Å². The Balaban J connectivity index is 1.85. The molecule has 1 N–H and O–H groups in total. The summed E-state index contributed by atoms with van der Waals surface area (Å²) in [5.74, 6) is -0.556. The Morgan fingerprint density at radius 3 is 2.81 bits per heavy atom. The fourth-order valence-electron chi connectivity index (χ4n) is 2.75. The minimum Gasteiger partial charge on any atom is -0.465 e. The van der Waals surface area contributed by atoms with E-state index >= 15 is 0 Å². The zero-order valence-electron chi connectivity index (χ0n) is 14.7. The normalized spacial score (nSPS) is 11.1. The number of fused-ring (bicyclic) bond motifs is 1. The van der Waals surface area contributed by atoms with Crippen LogP contribution in [-0.2, 0) is 11.8 Å². The highest BCUT2D eigenvalue weighted by Gasteiger charge is 2.23. The number of carbonyl (C=O) groups is 2. The largest absolute Gasteiger partial charge is 0.465 e. The van der Waals surface area contributed by atoms with Crippen LogP contribution < -0.4 is 5.56 Å². The molecule has 26 heavy (non-hydrogen) atoms. The molecular formula is C17H17N3O4S2. The van der Waals surface area contributed by atoms with Gasteiger partial charge >= 0.3 is 5.97 Å². The molecule has 3 rings (SSSR count). The molecule has 0 aliphatic heterocycles. The van der Waals surface area contributed by atoms with Gasteiger partial charge in [0.2, 0.25) is 0 Å². The number of aromatic amines is 1. The molecule has 136 valence electrons. The van der Waals surface area contributed by atoms with Gasteiger partial charge in [0.15, 0.2) is 10.9 Å². The molecule has 3 heterocycles. The molecule has 0 aliphatic carbocycles. The molecule has 7 nitrogen and oxygen atoms in total. The van der Waals surface area contributed by atoms with Gasteiger partial charge < -0.3 is 9.72 Å². The number of aromatic nitrogens is 3. The van der Waals surface area contributed by atoms with Crippen molar-refractivity contribution in [2.24, 2.45) is 7.05 Å². The summed E-state index contributed by atoms with van der Waals surface area (Å²) < 4.78 is 6.20. The predicted molar refractivity (Wildman–Crippen MR) is 102 cm³/mol. The number of Topliss-reactive ketones (excluding diaryl/α,β-unsaturated/α-hetero) is 1. The number of ketones is 1. The Morgan fingerprint density at radius 1 is 1.38 bits per heavy atom. The molecule has 0 bridgehead atoms. The SMILES string of the molecule is COC(=O)c1c(C)[nH]c(C(=O)CSc2nc3sccc3c(=O)n2C)c1C. The summed E-state index contributed by atoms with van der Waals surface area (Å²) in [5.41, 5.74) is 1.78. The van der Waals surface area contributed by atoms with Gasteiger partial charge in [0, 0.05) is 12.7 Å². The zero-order valence-corrected chi connectivity index (χ0v) is 16.3. The Labute approximate surface area is 157 Å². The maximum absolute atomic E-state index is 12.6. The van der Waals surface area contributed by atoms with Gasteiger partial charge in [0.05, 0.1) is 29.5 Å². The third-order valence-electron chi connectivity index (χ3n) is 4.10. The van der Waals surface area contributed by atoms with E-state index in [4.69, 9.17) is 4.74 Å². The van der Waals surface area contributed by atoms with Crippen LogP contribution in [0, 0.1) is 13.8 Å². The van der Waals surface area contributed by atoms with Crippen molar-refractivity contribution in [3.8, 4) is 0 Å². The van der Waals surface area contributed by atoms with Gasteiger partial charge in [-0.2, -0.15) is 0 Å². The maximum atomic E-state index is 12.6. The van der Waals surface area contributed by atoms with Gasteiger partial charge in [-0.05, 0) is 30.9 Å². The number of rotatable bonds is 5. The molecule has 0 spiro atoms. The first kappa shape index (κ1) is 18.4. The van der Waals surface area contributed by atoms with Gasteiger partial charge in [-0.15, -0.1) is 11.3 Å². The lowest BCUT2D eigenvalue weighted by Gasteiger charge is -2.06. The van der Waals surface area contributed by atoms with E-state index in [1.165, 1.54) is 34.8 Å². The third-order valence-corrected chi connectivity index (χ3v) is 5.94. The van der Waals surface area contributed by atoms with Crippen LogP contribution in [-0.4, -0.2) is 39.2 Å². The number of hydrogen-bond donors (Lipinski definition) is 1. The van der Waals surface area contributed by atoms with Crippen LogP contribution in [0.25, 0.3) is 10.2 Å². The highest BCUT2D eigenvalue weighted by Crippen LogP contribution is 2.24. The van der Waals surface area contributed by atoms with E-state index in [1.54, 1.807) is 27.0 Å². The topological polar surface area (TPSA) is 94.1 Å². The van der Waals surface area contributed by atoms with Crippen molar-refractivity contribution in [2.45, 2.75) is 19.0 Å². The molecule has 0 amide bonds. The summed E-state index contributed by atoms with van der Waals surface area (Å²) in [6.45, 7) is 3.43. The van der Waals surface area contributed by atoms with Crippen molar-refractivity contribution in [3.05, 3.63) is 44.3 Å². The average Bonchev–Trinajstić information content (AvgIpc) is 3.20. The monoisotopic (exact) mass is 391 g/mol. The van der Waals surface area contributed by atoms with Crippen LogP contribution >= 0.6 is 23.1 Å². The molecule has 0 aromatic carbocycles. The van der Waals surface area contributed by atoms with E-state index < -0.39 is 5.97 Å². The number of ether oxygens (including phenoxy) is 1.